The summed E-state index contributed by atoms with van der Waals surface area (Å²) in [6, 6.07) is 0. The fourth-order valence-electron chi connectivity index (χ4n) is 8.27. The van der Waals surface area contributed by atoms with Crippen LogP contribution in [0.2, 0.25) is 0 Å². The van der Waals surface area contributed by atoms with E-state index < -0.39 is 6.10 Å². The summed E-state index contributed by atoms with van der Waals surface area (Å²) in [6.45, 7) is 5.42. The third-order valence-corrected chi connectivity index (χ3v) is 12.2. The minimum absolute atomic E-state index is 0.162. The highest BCUT2D eigenvalue weighted by Crippen LogP contribution is 2.17. The van der Waals surface area contributed by atoms with E-state index in [1.165, 1.54) is 263 Å². The van der Waals surface area contributed by atoms with E-state index in [0.29, 0.717) is 19.6 Å². The van der Waals surface area contributed by atoms with Crippen LogP contribution in [0.1, 0.15) is 303 Å². The highest BCUT2D eigenvalue weighted by atomic mass is 16.6. The van der Waals surface area contributed by atoms with Gasteiger partial charge in [-0.3, -0.25) is 4.79 Å². The van der Waals surface area contributed by atoms with Crippen molar-refractivity contribution in [2.24, 2.45) is 0 Å². The van der Waals surface area contributed by atoms with Gasteiger partial charge in [0.25, 0.3) is 0 Å². The molecule has 0 aliphatic rings. The van der Waals surface area contributed by atoms with Gasteiger partial charge in [0.05, 0.1) is 13.2 Å². The molecule has 4 nitrogen and oxygen atoms in total. The summed E-state index contributed by atoms with van der Waals surface area (Å²) in [4.78, 5) is 12.3. The number of ether oxygens (including phenoxy) is 2. The predicted octanol–water partition coefficient (Wildman–Crippen LogP) is 17.5. The zero-order chi connectivity index (χ0) is 40.5. The molecule has 0 saturated carbocycles. The molecule has 1 N–H and O–H groups in total. The van der Waals surface area contributed by atoms with Crippen molar-refractivity contribution >= 4 is 5.97 Å². The number of unbranched alkanes of at least 4 members (excludes halogenated alkanes) is 42. The number of hydrogen-bond donors (Lipinski definition) is 1. The first kappa shape index (κ1) is 55.4. The second-order valence-electron chi connectivity index (χ2n) is 18.0. The summed E-state index contributed by atoms with van der Waals surface area (Å²) < 4.78 is 11.2. The number of hydrogen-bond acceptors (Lipinski definition) is 4. The van der Waals surface area contributed by atoms with Gasteiger partial charge in [-0.15, -0.1) is 0 Å². The lowest BCUT2D eigenvalue weighted by Gasteiger charge is -2.16. The molecule has 0 saturated heterocycles. The largest absolute Gasteiger partial charge is 0.457 e. The zero-order valence-electron chi connectivity index (χ0n) is 38.7. The molecule has 0 spiro atoms. The molecule has 0 amide bonds. The minimum Gasteiger partial charge on any atom is -0.457 e. The number of carbonyl (C=O) groups excluding carboxylic acids is 1. The number of aliphatic hydroxyl groups excluding tert-OH is 1. The second kappa shape index (κ2) is 50.5. The fraction of sp³-hybridized carbons (Fsp3) is 0.981. The first-order valence-corrected chi connectivity index (χ1v) is 26.1. The molecule has 4 heteroatoms. The molecule has 0 aliphatic heterocycles. The van der Waals surface area contributed by atoms with E-state index >= 15 is 0 Å². The lowest BCUT2D eigenvalue weighted by Crippen LogP contribution is -2.27. The average Bonchev–Trinajstić information content (AvgIpc) is 3.20. The molecule has 0 bridgehead atoms. The van der Waals surface area contributed by atoms with Gasteiger partial charge in [0.15, 0.2) is 0 Å². The minimum atomic E-state index is -0.526. The van der Waals surface area contributed by atoms with Crippen LogP contribution in [0.25, 0.3) is 0 Å². The van der Waals surface area contributed by atoms with E-state index in [-0.39, 0.29) is 12.6 Å². The Morgan fingerprint density at radius 3 is 0.839 bits per heavy atom. The Morgan fingerprint density at radius 2 is 0.589 bits per heavy atom. The van der Waals surface area contributed by atoms with Gasteiger partial charge in [-0.05, 0) is 12.8 Å². The van der Waals surface area contributed by atoms with Crippen LogP contribution in [0.3, 0.4) is 0 Å². The van der Waals surface area contributed by atoms with Crippen molar-refractivity contribution in [3.8, 4) is 0 Å². The van der Waals surface area contributed by atoms with Gasteiger partial charge in [-0.25, -0.2) is 0 Å². The second-order valence-corrected chi connectivity index (χ2v) is 18.0. The molecule has 0 heterocycles. The molecular weight excluding hydrogens is 689 g/mol. The van der Waals surface area contributed by atoms with Crippen molar-refractivity contribution in [3.63, 3.8) is 0 Å². The van der Waals surface area contributed by atoms with Gasteiger partial charge in [0.1, 0.15) is 6.10 Å². The zero-order valence-corrected chi connectivity index (χ0v) is 38.7. The topological polar surface area (TPSA) is 55.8 Å². The molecule has 336 valence electrons. The molecular formula is C52H104O4. The Labute approximate surface area is 353 Å². The summed E-state index contributed by atoms with van der Waals surface area (Å²) >= 11 is 0. The lowest BCUT2D eigenvalue weighted by atomic mass is 10.0. The van der Waals surface area contributed by atoms with E-state index in [1.54, 1.807) is 0 Å². The van der Waals surface area contributed by atoms with E-state index in [2.05, 4.69) is 13.8 Å². The van der Waals surface area contributed by atoms with Crippen molar-refractivity contribution in [3.05, 3.63) is 0 Å². The van der Waals surface area contributed by atoms with Crippen LogP contribution in [0.4, 0.5) is 0 Å². The molecule has 0 aromatic rings. The van der Waals surface area contributed by atoms with Crippen LogP contribution in [0.15, 0.2) is 0 Å². The average molecular weight is 793 g/mol. The van der Waals surface area contributed by atoms with Gasteiger partial charge < -0.3 is 14.6 Å². The van der Waals surface area contributed by atoms with Crippen LogP contribution < -0.4 is 0 Å². The molecule has 1 unspecified atom stereocenters. The lowest BCUT2D eigenvalue weighted by molar-refractivity contribution is -0.154. The first-order valence-electron chi connectivity index (χ1n) is 26.1. The summed E-state index contributed by atoms with van der Waals surface area (Å²) in [7, 11) is 0. The summed E-state index contributed by atoms with van der Waals surface area (Å²) in [5.74, 6) is -0.190. The molecule has 0 rings (SSSR count). The van der Waals surface area contributed by atoms with Crippen molar-refractivity contribution in [1.29, 1.82) is 0 Å². The molecule has 0 fully saturated rings. The maximum Gasteiger partial charge on any atom is 0.306 e. The molecule has 0 aromatic heterocycles. The van der Waals surface area contributed by atoms with Crippen molar-refractivity contribution in [2.75, 3.05) is 19.8 Å². The maximum absolute atomic E-state index is 12.3. The van der Waals surface area contributed by atoms with Crippen molar-refractivity contribution in [2.45, 2.75) is 309 Å². The Hall–Kier alpha value is -0.610. The Kier molecular flexibility index (Phi) is 50.0. The van der Waals surface area contributed by atoms with Crippen LogP contribution in [-0.4, -0.2) is 37.0 Å². The predicted molar refractivity (Wildman–Crippen MR) is 247 cm³/mol. The molecule has 0 radical (unpaired) electrons. The van der Waals surface area contributed by atoms with Gasteiger partial charge >= 0.3 is 5.97 Å². The van der Waals surface area contributed by atoms with E-state index in [4.69, 9.17) is 9.47 Å². The molecule has 0 aromatic carbocycles. The number of aliphatic hydroxyl groups is 1. The highest BCUT2D eigenvalue weighted by molar-refractivity contribution is 5.69. The first-order chi connectivity index (χ1) is 27.7. The number of carbonyl (C=O) groups is 1. The van der Waals surface area contributed by atoms with Crippen LogP contribution >= 0.6 is 0 Å². The fourth-order valence-corrected chi connectivity index (χ4v) is 8.27. The van der Waals surface area contributed by atoms with Crippen molar-refractivity contribution < 1.29 is 19.4 Å². The smallest absolute Gasteiger partial charge is 0.306 e. The SMILES string of the molecule is CCCCCCCCCCCCCCCCCCCCCCCCCCCOCC(CO)OC(=O)CCCCCCCCCCCCCCCCCCCCC. The van der Waals surface area contributed by atoms with E-state index in [0.717, 1.165) is 19.3 Å². The van der Waals surface area contributed by atoms with Crippen LogP contribution in [0, 0.1) is 0 Å². The molecule has 56 heavy (non-hydrogen) atoms. The highest BCUT2D eigenvalue weighted by Gasteiger charge is 2.13. The van der Waals surface area contributed by atoms with Gasteiger partial charge in [0.2, 0.25) is 0 Å². The maximum atomic E-state index is 12.3. The standard InChI is InChI=1S/C52H104O4/c1-3-5-7-9-11-13-15-17-19-21-23-24-25-26-27-28-30-32-34-36-38-40-42-44-46-48-55-50-51(49-53)56-52(54)47-45-43-41-39-37-35-33-31-29-22-20-18-16-14-12-10-8-6-4-2/h51,53H,3-50H2,1-2H3. The van der Waals surface area contributed by atoms with Gasteiger partial charge in [0, 0.05) is 13.0 Å². The quantitative estimate of drug-likeness (QED) is 0.0492. The van der Waals surface area contributed by atoms with E-state index in [9.17, 15) is 9.90 Å². The van der Waals surface area contributed by atoms with Gasteiger partial charge in [-0.2, -0.15) is 0 Å². The third kappa shape index (κ3) is 47.8. The Morgan fingerprint density at radius 1 is 0.357 bits per heavy atom. The van der Waals surface area contributed by atoms with E-state index in [1.807, 2.05) is 0 Å². The third-order valence-electron chi connectivity index (χ3n) is 12.2. The Bertz CT molecular complexity index is 711. The van der Waals surface area contributed by atoms with Crippen LogP contribution in [0.5, 0.6) is 0 Å². The Balaban J connectivity index is 3.31. The van der Waals surface area contributed by atoms with Crippen LogP contribution in [-0.2, 0) is 14.3 Å². The number of esters is 1. The van der Waals surface area contributed by atoms with Crippen molar-refractivity contribution in [1.82, 2.24) is 0 Å². The monoisotopic (exact) mass is 793 g/mol. The normalized spacial score (nSPS) is 12.1. The van der Waals surface area contributed by atoms with Gasteiger partial charge in [-0.1, -0.05) is 284 Å². The summed E-state index contributed by atoms with van der Waals surface area (Å²) in [5.41, 5.74) is 0. The summed E-state index contributed by atoms with van der Waals surface area (Å²) in [5, 5.41) is 9.65. The molecule has 0 aliphatic carbocycles. The number of rotatable bonds is 50. The molecule has 1 atom stereocenters. The summed E-state index contributed by atoms with van der Waals surface area (Å²) in [6.07, 6.45) is 60.6.